The van der Waals surface area contributed by atoms with E-state index >= 15 is 0 Å². The highest BCUT2D eigenvalue weighted by molar-refractivity contribution is 6.22. The number of nitrogens with zero attached hydrogens (tertiary/aromatic N) is 3. The van der Waals surface area contributed by atoms with Crippen LogP contribution in [0.15, 0.2) is 41.0 Å². The van der Waals surface area contributed by atoms with Gasteiger partial charge in [-0.2, -0.15) is 18.4 Å². The predicted octanol–water partition coefficient (Wildman–Crippen LogP) is 2.47. The Bertz CT molecular complexity index is 1290. The predicted molar refractivity (Wildman–Crippen MR) is 144 cm³/mol. The van der Waals surface area contributed by atoms with Crippen LogP contribution < -0.4 is 22.1 Å². The first-order chi connectivity index (χ1) is 19.3. The lowest BCUT2D eigenvalue weighted by Crippen LogP contribution is -2.51. The molecular formula is C27H32F4N8O2. The highest BCUT2D eigenvalue weighted by atomic mass is 19.4. The summed E-state index contributed by atoms with van der Waals surface area (Å²) in [6.07, 6.45) is 1.43. The fraction of sp³-hybridized carbons (Fsp3) is 0.444. The first kappa shape index (κ1) is 31.3. The number of nitrogens with two attached hydrogens (primary N) is 2. The number of amides is 2. The number of carbonyl (C=O) groups excluding carboxylic acids is 2. The molecule has 7 N–H and O–H groups in total. The Hall–Kier alpha value is -4.25. The number of primary amides is 1. The Morgan fingerprint density at radius 3 is 2.49 bits per heavy atom. The number of likely N-dealkylation sites (tertiary alicyclic amines) is 1. The molecular weight excluding hydrogens is 544 g/mol. The number of aliphatic imine (C=N–C) groups is 1. The van der Waals surface area contributed by atoms with Gasteiger partial charge in [0.1, 0.15) is 18.2 Å². The van der Waals surface area contributed by atoms with Crippen LogP contribution in [0, 0.1) is 28.5 Å². The summed E-state index contributed by atoms with van der Waals surface area (Å²) in [4.78, 5) is 29.2. The number of nitriles is 1. The van der Waals surface area contributed by atoms with Crippen LogP contribution in [0.1, 0.15) is 43.2 Å². The van der Waals surface area contributed by atoms with Gasteiger partial charge in [0.15, 0.2) is 0 Å². The summed E-state index contributed by atoms with van der Waals surface area (Å²) in [5.74, 6) is -2.41. The van der Waals surface area contributed by atoms with Crippen LogP contribution in [-0.4, -0.2) is 60.1 Å². The van der Waals surface area contributed by atoms with Crippen molar-refractivity contribution in [3.8, 4) is 6.07 Å². The molecule has 14 heteroatoms. The van der Waals surface area contributed by atoms with Crippen LogP contribution in [0.3, 0.4) is 0 Å². The van der Waals surface area contributed by atoms with Crippen LogP contribution in [0.2, 0.25) is 0 Å². The second kappa shape index (κ2) is 13.4. The second-order valence-electron chi connectivity index (χ2n) is 10.1. The van der Waals surface area contributed by atoms with Gasteiger partial charge in [-0.15, -0.1) is 0 Å². The Balaban J connectivity index is 1.60. The van der Waals surface area contributed by atoms with Gasteiger partial charge in [0.05, 0.1) is 23.6 Å². The van der Waals surface area contributed by atoms with Crippen LogP contribution in [-0.2, 0) is 16.1 Å². The van der Waals surface area contributed by atoms with E-state index in [1.165, 1.54) is 18.3 Å². The normalized spacial score (nSPS) is 18.1. The minimum absolute atomic E-state index is 0.0408. The average Bonchev–Trinajstić information content (AvgIpc) is 3.73. The molecule has 1 aromatic rings. The van der Waals surface area contributed by atoms with Crippen LogP contribution in [0.4, 0.5) is 17.6 Å². The molecule has 0 spiro atoms. The highest BCUT2D eigenvalue weighted by Gasteiger charge is 2.35. The molecule has 10 nitrogen and oxygen atoms in total. The van der Waals surface area contributed by atoms with Crippen molar-refractivity contribution in [2.45, 2.75) is 50.4 Å². The summed E-state index contributed by atoms with van der Waals surface area (Å²) in [5, 5.41) is 23.0. The summed E-state index contributed by atoms with van der Waals surface area (Å²) in [5.41, 5.74) is 11.0. The highest BCUT2D eigenvalue weighted by Crippen LogP contribution is 2.29. The number of allylic oxidation sites excluding steroid dienone is 1. The van der Waals surface area contributed by atoms with Gasteiger partial charge >= 0.3 is 6.18 Å². The van der Waals surface area contributed by atoms with Crippen molar-refractivity contribution >= 4 is 29.6 Å². The van der Waals surface area contributed by atoms with Gasteiger partial charge in [-0.05, 0) is 49.5 Å². The SMILES string of the molecule is N#CCC1(N/C=C(\C(=N)NC(=O)C2CC2)C(N)=O)CCN(Cc2ccc(C(N)=CC=NCC(F)(F)F)c(F)c2)CC1. The lowest BCUT2D eigenvalue weighted by molar-refractivity contribution is -0.121. The maximum atomic E-state index is 14.7. The number of amidine groups is 1. The zero-order valence-electron chi connectivity index (χ0n) is 22.2. The molecule has 1 saturated heterocycles. The maximum absolute atomic E-state index is 14.7. The molecule has 0 atom stereocenters. The first-order valence-corrected chi connectivity index (χ1v) is 12.9. The van der Waals surface area contributed by atoms with E-state index in [4.69, 9.17) is 16.9 Å². The molecule has 2 amide bonds. The standard InChI is InChI=1S/C27H32F4N8O2/c28-21-13-17(1-4-19(21)22(33)5-10-36-16-27(29,30)31)15-39-11-7-26(6-9-32,8-12-39)37-14-20(24(35)40)23(34)38-25(41)18-2-3-18/h1,4-5,10,13-14,18,37H,2-3,6-8,11-12,15-16,33H2,(H2,35,40)(H2,34,38,41)/b20-14+,22-5?,36-10?. The fourth-order valence-corrected chi connectivity index (χ4v) is 4.32. The van der Waals surface area contributed by atoms with Crippen molar-refractivity contribution in [1.29, 1.82) is 10.7 Å². The summed E-state index contributed by atoms with van der Waals surface area (Å²) in [6, 6.07) is 6.58. The summed E-state index contributed by atoms with van der Waals surface area (Å²) < 4.78 is 51.3. The molecule has 3 rings (SSSR count). The zero-order valence-corrected chi connectivity index (χ0v) is 22.2. The number of halogens is 4. The van der Waals surface area contributed by atoms with Crippen molar-refractivity contribution in [2.75, 3.05) is 19.6 Å². The number of alkyl halides is 3. The molecule has 220 valence electrons. The van der Waals surface area contributed by atoms with E-state index in [-0.39, 0.29) is 35.1 Å². The molecule has 0 unspecified atom stereocenters. The van der Waals surface area contributed by atoms with E-state index in [9.17, 15) is 32.4 Å². The molecule has 0 bridgehead atoms. The van der Waals surface area contributed by atoms with Gasteiger partial charge in [-0.25, -0.2) is 4.39 Å². The summed E-state index contributed by atoms with van der Waals surface area (Å²) >= 11 is 0. The Morgan fingerprint density at radius 2 is 1.93 bits per heavy atom. The average molecular weight is 577 g/mol. The van der Waals surface area contributed by atoms with E-state index in [1.807, 2.05) is 0 Å². The minimum atomic E-state index is -4.44. The molecule has 1 aliphatic carbocycles. The molecule has 2 aliphatic rings. The number of hydrogen-bond acceptors (Lipinski definition) is 8. The third kappa shape index (κ3) is 9.42. The Labute approximate surface area is 234 Å². The number of carbonyl (C=O) groups is 2. The number of piperidine rings is 1. The molecule has 1 aromatic carbocycles. The lowest BCUT2D eigenvalue weighted by atomic mass is 9.84. The third-order valence-corrected chi connectivity index (χ3v) is 6.87. The quantitative estimate of drug-likeness (QED) is 0.117. The lowest BCUT2D eigenvalue weighted by Gasteiger charge is -2.41. The molecule has 2 fully saturated rings. The number of nitrogens with one attached hydrogen (secondary N) is 3. The molecule has 1 saturated carbocycles. The fourth-order valence-electron chi connectivity index (χ4n) is 4.32. The van der Waals surface area contributed by atoms with Crippen LogP contribution in [0.5, 0.6) is 0 Å². The van der Waals surface area contributed by atoms with Crippen molar-refractivity contribution in [2.24, 2.45) is 22.4 Å². The van der Waals surface area contributed by atoms with Gasteiger partial charge < -0.3 is 22.1 Å². The van der Waals surface area contributed by atoms with E-state index in [0.29, 0.717) is 38.0 Å². The van der Waals surface area contributed by atoms with E-state index in [1.54, 1.807) is 6.07 Å². The Morgan fingerprint density at radius 1 is 1.24 bits per heavy atom. The molecule has 1 heterocycles. The van der Waals surface area contributed by atoms with E-state index < -0.39 is 35.8 Å². The van der Waals surface area contributed by atoms with Crippen molar-refractivity contribution in [3.63, 3.8) is 0 Å². The Kier molecular flexibility index (Phi) is 10.2. The third-order valence-electron chi connectivity index (χ3n) is 6.87. The van der Waals surface area contributed by atoms with Gasteiger partial charge in [0, 0.05) is 49.2 Å². The topological polar surface area (TPSA) is 173 Å². The van der Waals surface area contributed by atoms with Crippen molar-refractivity contribution in [1.82, 2.24) is 15.5 Å². The van der Waals surface area contributed by atoms with Crippen LogP contribution >= 0.6 is 0 Å². The summed E-state index contributed by atoms with van der Waals surface area (Å²) in [7, 11) is 0. The van der Waals surface area contributed by atoms with Crippen molar-refractivity contribution in [3.05, 3.63) is 53.0 Å². The number of rotatable bonds is 11. The van der Waals surface area contributed by atoms with E-state index in [2.05, 4.69) is 26.6 Å². The smallest absolute Gasteiger partial charge is 0.398 e. The molecule has 0 radical (unpaired) electrons. The zero-order chi connectivity index (χ0) is 30.2. The molecule has 41 heavy (non-hydrogen) atoms. The largest absolute Gasteiger partial charge is 0.407 e. The number of hydrogen-bond donors (Lipinski definition) is 5. The number of benzene rings is 1. The van der Waals surface area contributed by atoms with Crippen molar-refractivity contribution < 1.29 is 27.2 Å². The van der Waals surface area contributed by atoms with E-state index in [0.717, 1.165) is 25.1 Å². The minimum Gasteiger partial charge on any atom is -0.398 e. The molecule has 1 aliphatic heterocycles. The van der Waals surface area contributed by atoms with Gasteiger partial charge in [-0.3, -0.25) is 24.9 Å². The second-order valence-corrected chi connectivity index (χ2v) is 10.1. The first-order valence-electron chi connectivity index (χ1n) is 12.9. The van der Waals surface area contributed by atoms with Crippen LogP contribution in [0.25, 0.3) is 5.70 Å². The van der Waals surface area contributed by atoms with Gasteiger partial charge in [0.2, 0.25) is 5.91 Å². The maximum Gasteiger partial charge on any atom is 0.407 e. The summed E-state index contributed by atoms with van der Waals surface area (Å²) in [6.45, 7) is 0.109. The monoisotopic (exact) mass is 576 g/mol. The molecule has 0 aromatic heterocycles. The van der Waals surface area contributed by atoms with Gasteiger partial charge in [-0.1, -0.05) is 6.07 Å². The van der Waals surface area contributed by atoms with Gasteiger partial charge in [0.25, 0.3) is 5.91 Å².